The zero-order valence-electron chi connectivity index (χ0n) is 12.7. The number of nitrogens with one attached hydrogen (secondary N) is 1. The van der Waals surface area contributed by atoms with Gasteiger partial charge >= 0.3 is 0 Å². The van der Waals surface area contributed by atoms with Crippen molar-refractivity contribution in [2.24, 2.45) is 0 Å². The first-order valence-electron chi connectivity index (χ1n) is 7.97. The average molecular weight is 293 g/mol. The molecule has 1 aromatic heterocycles. The smallest absolute Gasteiger partial charge is 0.224 e. The highest BCUT2D eigenvalue weighted by Gasteiger charge is 2.27. The Balaban J connectivity index is 1.62. The second kappa shape index (κ2) is 6.56. The number of hydrogen-bond donors (Lipinski definition) is 1. The van der Waals surface area contributed by atoms with Crippen LogP contribution in [0.15, 0.2) is 6.20 Å². The summed E-state index contributed by atoms with van der Waals surface area (Å²) in [5.74, 6) is 0.585. The molecule has 6 heteroatoms. The quantitative estimate of drug-likeness (QED) is 0.925. The van der Waals surface area contributed by atoms with Crippen LogP contribution in [-0.4, -0.2) is 54.1 Å². The Hall–Kier alpha value is -1.43. The van der Waals surface area contributed by atoms with Gasteiger partial charge in [0.25, 0.3) is 0 Å². The maximum atomic E-state index is 13.9. The topological polar surface area (TPSA) is 44.3 Å². The van der Waals surface area contributed by atoms with Crippen molar-refractivity contribution in [3.63, 3.8) is 0 Å². The molecule has 0 bridgehead atoms. The molecule has 0 radical (unpaired) electrons. The molecule has 0 unspecified atom stereocenters. The van der Waals surface area contributed by atoms with Gasteiger partial charge in [0.05, 0.1) is 6.20 Å². The van der Waals surface area contributed by atoms with E-state index >= 15 is 0 Å². The van der Waals surface area contributed by atoms with Crippen LogP contribution >= 0.6 is 0 Å². The van der Waals surface area contributed by atoms with Gasteiger partial charge < -0.3 is 15.1 Å². The van der Waals surface area contributed by atoms with Crippen LogP contribution in [0.2, 0.25) is 0 Å². The minimum absolute atomic E-state index is 0.328. The maximum absolute atomic E-state index is 13.9. The lowest BCUT2D eigenvalue weighted by Gasteiger charge is -2.40. The number of rotatable bonds is 3. The maximum Gasteiger partial charge on any atom is 0.224 e. The molecular weight excluding hydrogens is 269 g/mol. The predicted octanol–water partition coefficient (Wildman–Crippen LogP) is 2.11. The van der Waals surface area contributed by atoms with Crippen molar-refractivity contribution in [3.05, 3.63) is 12.0 Å². The Morgan fingerprint density at radius 1 is 1.14 bits per heavy atom. The van der Waals surface area contributed by atoms with E-state index < -0.39 is 0 Å². The molecule has 3 heterocycles. The second-order valence-corrected chi connectivity index (χ2v) is 5.93. The fourth-order valence-corrected chi connectivity index (χ4v) is 3.43. The molecule has 2 saturated heterocycles. The largest absolute Gasteiger partial charge is 0.357 e. The highest BCUT2D eigenvalue weighted by atomic mass is 19.1. The second-order valence-electron chi connectivity index (χ2n) is 5.93. The van der Waals surface area contributed by atoms with E-state index in [-0.39, 0.29) is 5.82 Å². The number of aromatic nitrogens is 2. The van der Waals surface area contributed by atoms with Gasteiger partial charge in [-0.25, -0.2) is 9.37 Å². The van der Waals surface area contributed by atoms with Crippen LogP contribution in [0.3, 0.4) is 0 Å². The standard InChI is InChI=1S/C15H24FN5/c1-17-15-18-11-13(16)14(19-15)21-9-5-12(6-10-21)20-7-3-2-4-8-20/h11-12H,2-10H2,1H3,(H,17,18,19). The third-order valence-electron chi connectivity index (χ3n) is 4.62. The highest BCUT2D eigenvalue weighted by molar-refractivity contribution is 5.44. The summed E-state index contributed by atoms with van der Waals surface area (Å²) in [6.45, 7) is 4.21. The van der Waals surface area contributed by atoms with Gasteiger partial charge in [-0.2, -0.15) is 4.98 Å². The molecule has 0 aromatic carbocycles. The molecule has 0 spiro atoms. The summed E-state index contributed by atoms with van der Waals surface area (Å²) in [7, 11) is 1.75. The Kier molecular flexibility index (Phi) is 4.53. The predicted molar refractivity (Wildman–Crippen MR) is 82.2 cm³/mol. The molecule has 116 valence electrons. The zero-order chi connectivity index (χ0) is 14.7. The van der Waals surface area contributed by atoms with Crippen molar-refractivity contribution in [3.8, 4) is 0 Å². The van der Waals surface area contributed by atoms with Crippen molar-refractivity contribution < 1.29 is 4.39 Å². The van der Waals surface area contributed by atoms with Crippen LogP contribution < -0.4 is 10.2 Å². The Morgan fingerprint density at radius 2 is 1.86 bits per heavy atom. The third kappa shape index (κ3) is 3.26. The van der Waals surface area contributed by atoms with E-state index in [0.29, 0.717) is 17.8 Å². The van der Waals surface area contributed by atoms with Gasteiger partial charge in [0.2, 0.25) is 5.95 Å². The highest BCUT2D eigenvalue weighted by Crippen LogP contribution is 2.25. The van der Waals surface area contributed by atoms with Gasteiger partial charge in [-0.05, 0) is 38.8 Å². The summed E-state index contributed by atoms with van der Waals surface area (Å²) in [5.41, 5.74) is 0. The van der Waals surface area contributed by atoms with Gasteiger partial charge in [0.1, 0.15) is 0 Å². The number of halogens is 1. The van der Waals surface area contributed by atoms with E-state index in [1.165, 1.54) is 38.5 Å². The van der Waals surface area contributed by atoms with Gasteiger partial charge in [0.15, 0.2) is 11.6 Å². The van der Waals surface area contributed by atoms with Crippen LogP contribution in [0.1, 0.15) is 32.1 Å². The van der Waals surface area contributed by atoms with Crippen LogP contribution in [0.5, 0.6) is 0 Å². The molecule has 1 N–H and O–H groups in total. The Morgan fingerprint density at radius 3 is 2.52 bits per heavy atom. The number of hydrogen-bond acceptors (Lipinski definition) is 5. The fourth-order valence-electron chi connectivity index (χ4n) is 3.43. The first-order valence-corrected chi connectivity index (χ1v) is 7.97. The molecular formula is C15H24FN5. The van der Waals surface area contributed by atoms with Crippen molar-refractivity contribution in [2.45, 2.75) is 38.1 Å². The SMILES string of the molecule is CNc1ncc(F)c(N2CCC(N3CCCCC3)CC2)n1. The fraction of sp³-hybridized carbons (Fsp3) is 0.733. The minimum Gasteiger partial charge on any atom is -0.357 e. The summed E-state index contributed by atoms with van der Waals surface area (Å²) in [5, 5.41) is 2.87. The molecule has 0 aliphatic carbocycles. The molecule has 2 fully saturated rings. The van der Waals surface area contributed by atoms with Gasteiger partial charge in [-0.15, -0.1) is 0 Å². The lowest BCUT2D eigenvalue weighted by atomic mass is 10.00. The van der Waals surface area contributed by atoms with E-state index in [2.05, 4.69) is 25.1 Å². The molecule has 0 amide bonds. The molecule has 3 rings (SSSR count). The molecule has 5 nitrogen and oxygen atoms in total. The molecule has 0 atom stereocenters. The van der Waals surface area contributed by atoms with E-state index in [9.17, 15) is 4.39 Å². The van der Waals surface area contributed by atoms with Crippen molar-refractivity contribution in [1.82, 2.24) is 14.9 Å². The Bertz CT molecular complexity index is 467. The van der Waals surface area contributed by atoms with Gasteiger partial charge in [0, 0.05) is 26.2 Å². The van der Waals surface area contributed by atoms with Crippen LogP contribution in [0.4, 0.5) is 16.2 Å². The van der Waals surface area contributed by atoms with Crippen molar-refractivity contribution in [1.29, 1.82) is 0 Å². The lowest BCUT2D eigenvalue weighted by Crippen LogP contribution is -2.47. The summed E-state index contributed by atoms with van der Waals surface area (Å²) in [4.78, 5) is 12.9. The van der Waals surface area contributed by atoms with Gasteiger partial charge in [-0.3, -0.25) is 0 Å². The van der Waals surface area contributed by atoms with E-state index in [1.54, 1.807) is 7.05 Å². The van der Waals surface area contributed by atoms with Gasteiger partial charge in [-0.1, -0.05) is 6.42 Å². The lowest BCUT2D eigenvalue weighted by molar-refractivity contribution is 0.141. The van der Waals surface area contributed by atoms with E-state index in [4.69, 9.17) is 0 Å². The molecule has 0 saturated carbocycles. The zero-order valence-corrected chi connectivity index (χ0v) is 12.7. The van der Waals surface area contributed by atoms with Crippen LogP contribution in [0, 0.1) is 5.82 Å². The summed E-state index contributed by atoms with van der Waals surface area (Å²) in [6, 6.07) is 0.662. The van der Waals surface area contributed by atoms with Crippen molar-refractivity contribution >= 4 is 11.8 Å². The Labute approximate surface area is 125 Å². The monoisotopic (exact) mass is 293 g/mol. The number of likely N-dealkylation sites (tertiary alicyclic amines) is 1. The van der Waals surface area contributed by atoms with Crippen LogP contribution in [-0.2, 0) is 0 Å². The first kappa shape index (κ1) is 14.5. The minimum atomic E-state index is -0.328. The molecule has 2 aliphatic rings. The molecule has 21 heavy (non-hydrogen) atoms. The van der Waals surface area contributed by atoms with Crippen molar-refractivity contribution in [2.75, 3.05) is 43.4 Å². The summed E-state index contributed by atoms with van der Waals surface area (Å²) in [6.07, 6.45) is 7.47. The number of piperidine rings is 2. The van der Waals surface area contributed by atoms with E-state index in [1.807, 2.05) is 0 Å². The third-order valence-corrected chi connectivity index (χ3v) is 4.62. The average Bonchev–Trinajstić information content (AvgIpc) is 2.56. The number of anilines is 2. The summed E-state index contributed by atoms with van der Waals surface area (Å²) >= 11 is 0. The normalized spacial score (nSPS) is 21.5. The van der Waals surface area contributed by atoms with Crippen LogP contribution in [0.25, 0.3) is 0 Å². The molecule has 1 aromatic rings. The number of nitrogens with zero attached hydrogens (tertiary/aromatic N) is 4. The first-order chi connectivity index (χ1) is 10.3. The molecule has 2 aliphatic heterocycles. The van der Waals surface area contributed by atoms with E-state index in [0.717, 1.165) is 25.9 Å². The summed E-state index contributed by atoms with van der Waals surface area (Å²) < 4.78 is 13.9.